The Labute approximate surface area is 96.2 Å². The first-order valence-electron chi connectivity index (χ1n) is 4.93. The average molecular weight is 235 g/mol. The van der Waals surface area contributed by atoms with E-state index in [-0.39, 0.29) is 41.9 Å². The summed E-state index contributed by atoms with van der Waals surface area (Å²) in [5.74, 6) is -0.215. The van der Waals surface area contributed by atoms with Gasteiger partial charge in [0.2, 0.25) is 5.91 Å². The van der Waals surface area contributed by atoms with Crippen LogP contribution in [0.1, 0.15) is 12.1 Å². The highest BCUT2D eigenvalue weighted by atomic mass is 16.6. The van der Waals surface area contributed by atoms with Gasteiger partial charge in [0.25, 0.3) is 5.69 Å². The third kappa shape index (κ3) is 1.99. The molecule has 2 heterocycles. The van der Waals surface area contributed by atoms with Crippen LogP contribution in [0.3, 0.4) is 0 Å². The molecule has 1 saturated heterocycles. The maximum Gasteiger partial charge on any atom is 0.290 e. The molecule has 0 aliphatic carbocycles. The quantitative estimate of drug-likeness (QED) is 0.425. The summed E-state index contributed by atoms with van der Waals surface area (Å²) < 4.78 is 0. The Balaban J connectivity index is 2.35. The van der Waals surface area contributed by atoms with Crippen molar-refractivity contribution in [1.82, 2.24) is 4.98 Å². The van der Waals surface area contributed by atoms with E-state index >= 15 is 0 Å². The second-order valence-corrected chi connectivity index (χ2v) is 3.73. The molecule has 1 aliphatic heterocycles. The highest BCUT2D eigenvalue weighted by molar-refractivity contribution is 6.14. The fraction of sp³-hybridized carbons (Fsp3) is 0.300. The van der Waals surface area contributed by atoms with Crippen LogP contribution < -0.4 is 4.90 Å². The summed E-state index contributed by atoms with van der Waals surface area (Å²) in [6, 6.07) is 2.66. The molecule has 0 bridgehead atoms. The summed E-state index contributed by atoms with van der Waals surface area (Å²) in [7, 11) is 0. The van der Waals surface area contributed by atoms with Gasteiger partial charge in [-0.25, -0.2) is 4.98 Å². The fourth-order valence-corrected chi connectivity index (χ4v) is 1.68. The zero-order valence-corrected chi connectivity index (χ0v) is 9.04. The lowest BCUT2D eigenvalue weighted by atomic mass is 10.3. The minimum atomic E-state index is -0.539. The monoisotopic (exact) mass is 235 g/mol. The number of anilines is 1. The van der Waals surface area contributed by atoms with Crippen molar-refractivity contribution in [1.29, 1.82) is 0 Å². The number of ketones is 1. The number of aromatic nitrogens is 1. The van der Waals surface area contributed by atoms with Gasteiger partial charge in [-0.2, -0.15) is 0 Å². The molecule has 0 aromatic carbocycles. The molecule has 1 aromatic heterocycles. The second-order valence-electron chi connectivity index (χ2n) is 3.73. The van der Waals surface area contributed by atoms with Crippen LogP contribution in [0.15, 0.2) is 12.1 Å². The molecule has 0 radical (unpaired) electrons. The van der Waals surface area contributed by atoms with E-state index < -0.39 is 4.92 Å². The molecule has 7 heteroatoms. The molecule has 17 heavy (non-hydrogen) atoms. The van der Waals surface area contributed by atoms with Crippen LogP contribution in [0.25, 0.3) is 0 Å². The maximum atomic E-state index is 11.4. The highest BCUT2D eigenvalue weighted by Gasteiger charge is 2.30. The molecule has 0 unspecified atom stereocenters. The summed E-state index contributed by atoms with van der Waals surface area (Å²) in [5, 5.41) is 10.6. The van der Waals surface area contributed by atoms with Crippen molar-refractivity contribution in [3.05, 3.63) is 27.9 Å². The van der Waals surface area contributed by atoms with Gasteiger partial charge in [0.15, 0.2) is 5.78 Å². The predicted octanol–water partition coefficient (Wildman–Crippen LogP) is 0.604. The molecule has 0 spiro atoms. The van der Waals surface area contributed by atoms with Crippen LogP contribution in [0.2, 0.25) is 0 Å². The van der Waals surface area contributed by atoms with Crippen LogP contribution in [0, 0.1) is 17.0 Å². The van der Waals surface area contributed by atoms with Crippen molar-refractivity contribution >= 4 is 23.2 Å². The average Bonchev–Trinajstić information content (AvgIpc) is 2.57. The van der Waals surface area contributed by atoms with E-state index in [2.05, 4.69) is 4.98 Å². The topological polar surface area (TPSA) is 93.4 Å². The van der Waals surface area contributed by atoms with Gasteiger partial charge in [0, 0.05) is 6.07 Å². The number of hydrogen-bond acceptors (Lipinski definition) is 5. The van der Waals surface area contributed by atoms with E-state index in [9.17, 15) is 19.7 Å². The molecule has 1 fully saturated rings. The van der Waals surface area contributed by atoms with Crippen LogP contribution in [-0.4, -0.2) is 28.1 Å². The summed E-state index contributed by atoms with van der Waals surface area (Å²) in [6.07, 6.45) is -0.127. The van der Waals surface area contributed by atoms with Gasteiger partial charge in [-0.05, 0) is 13.0 Å². The number of Topliss-reactive ketones (excluding diaryl/α,β-unsaturated/α-hetero) is 1. The summed E-state index contributed by atoms with van der Waals surface area (Å²) in [6.45, 7) is 1.48. The predicted molar refractivity (Wildman–Crippen MR) is 57.6 cm³/mol. The number of carbonyl (C=O) groups is 2. The molecule has 1 aliphatic rings. The standard InChI is InChI=1S/C10H9N3O4/c1-6-8(13(16)17)2-3-9(11-6)12-5-7(14)4-10(12)15/h2-3H,4-5H2,1H3. The third-order valence-electron chi connectivity index (χ3n) is 2.50. The normalized spacial score (nSPS) is 15.5. The van der Waals surface area contributed by atoms with Gasteiger partial charge in [-0.1, -0.05) is 0 Å². The first-order chi connectivity index (χ1) is 7.99. The minimum absolute atomic E-state index is 0.0108. The van der Waals surface area contributed by atoms with Crippen molar-refractivity contribution in [3.8, 4) is 0 Å². The lowest BCUT2D eigenvalue weighted by Gasteiger charge is -2.13. The zero-order chi connectivity index (χ0) is 12.6. The Bertz CT molecular complexity index is 526. The van der Waals surface area contributed by atoms with Crippen molar-refractivity contribution in [2.24, 2.45) is 0 Å². The van der Waals surface area contributed by atoms with Crippen molar-refractivity contribution in [2.45, 2.75) is 13.3 Å². The van der Waals surface area contributed by atoms with Gasteiger partial charge in [0.05, 0.1) is 17.9 Å². The minimum Gasteiger partial charge on any atom is -0.297 e. The zero-order valence-electron chi connectivity index (χ0n) is 9.04. The van der Waals surface area contributed by atoms with Gasteiger partial charge in [-0.15, -0.1) is 0 Å². The Kier molecular flexibility index (Phi) is 2.58. The fourth-order valence-electron chi connectivity index (χ4n) is 1.68. The molecule has 88 valence electrons. The second kappa shape index (κ2) is 3.93. The van der Waals surface area contributed by atoms with Gasteiger partial charge >= 0.3 is 0 Å². The van der Waals surface area contributed by atoms with Gasteiger partial charge < -0.3 is 0 Å². The Hall–Kier alpha value is -2.31. The Morgan fingerprint density at radius 2 is 2.12 bits per heavy atom. The molecule has 0 N–H and O–H groups in total. The van der Waals surface area contributed by atoms with Crippen molar-refractivity contribution in [3.63, 3.8) is 0 Å². The SMILES string of the molecule is Cc1nc(N2CC(=O)CC2=O)ccc1[N+](=O)[O-]. The number of rotatable bonds is 2. The van der Waals surface area contributed by atoms with Crippen molar-refractivity contribution < 1.29 is 14.5 Å². The summed E-state index contributed by atoms with van der Waals surface area (Å²) in [4.78, 5) is 37.8. The van der Waals surface area contributed by atoms with Crippen LogP contribution in [0.5, 0.6) is 0 Å². The number of amides is 1. The molecule has 2 rings (SSSR count). The lowest BCUT2D eigenvalue weighted by Crippen LogP contribution is -2.25. The Morgan fingerprint density at radius 3 is 2.59 bits per heavy atom. The number of pyridine rings is 1. The first-order valence-corrected chi connectivity index (χ1v) is 4.93. The van der Waals surface area contributed by atoms with Crippen molar-refractivity contribution in [2.75, 3.05) is 11.4 Å². The molecule has 7 nitrogen and oxygen atoms in total. The number of carbonyl (C=O) groups excluding carboxylic acids is 2. The summed E-state index contributed by atoms with van der Waals surface area (Å²) >= 11 is 0. The van der Waals surface area contributed by atoms with E-state index in [0.717, 1.165) is 0 Å². The number of aryl methyl sites for hydroxylation is 1. The van der Waals surface area contributed by atoms with E-state index in [1.54, 1.807) is 0 Å². The largest absolute Gasteiger partial charge is 0.297 e. The van der Waals surface area contributed by atoms with Crippen LogP contribution >= 0.6 is 0 Å². The molecule has 0 saturated carbocycles. The van der Waals surface area contributed by atoms with Gasteiger partial charge in [0.1, 0.15) is 11.5 Å². The number of hydrogen-bond donors (Lipinski definition) is 0. The summed E-state index contributed by atoms with van der Waals surface area (Å²) in [5.41, 5.74) is 0.117. The number of nitro groups is 1. The smallest absolute Gasteiger partial charge is 0.290 e. The van der Waals surface area contributed by atoms with Gasteiger partial charge in [-0.3, -0.25) is 24.6 Å². The third-order valence-corrected chi connectivity index (χ3v) is 2.50. The Morgan fingerprint density at radius 1 is 1.41 bits per heavy atom. The molecule has 0 atom stereocenters. The first kappa shape index (κ1) is 11.2. The molecule has 1 aromatic rings. The molecular formula is C10H9N3O4. The molecule has 1 amide bonds. The van der Waals surface area contributed by atoms with E-state index in [1.165, 1.54) is 24.0 Å². The van der Waals surface area contributed by atoms with E-state index in [1.807, 2.05) is 0 Å². The highest BCUT2D eigenvalue weighted by Crippen LogP contribution is 2.22. The van der Waals surface area contributed by atoms with E-state index in [4.69, 9.17) is 0 Å². The lowest BCUT2D eigenvalue weighted by molar-refractivity contribution is -0.385. The maximum absolute atomic E-state index is 11.4. The van der Waals surface area contributed by atoms with E-state index in [0.29, 0.717) is 0 Å². The molecular weight excluding hydrogens is 226 g/mol. The number of nitrogens with zero attached hydrogens (tertiary/aromatic N) is 3. The van der Waals surface area contributed by atoms with Crippen LogP contribution in [0.4, 0.5) is 11.5 Å². The van der Waals surface area contributed by atoms with Crippen LogP contribution in [-0.2, 0) is 9.59 Å².